The molecule has 2 amide bonds. The summed E-state index contributed by atoms with van der Waals surface area (Å²) in [4.78, 5) is 24.1. The molecule has 2 N–H and O–H groups in total. The molecule has 0 heterocycles. The monoisotopic (exact) mass is 519 g/mol. The summed E-state index contributed by atoms with van der Waals surface area (Å²) in [5.74, 6) is -0.268. The van der Waals surface area contributed by atoms with Crippen molar-refractivity contribution in [3.63, 3.8) is 0 Å². The summed E-state index contributed by atoms with van der Waals surface area (Å²) >= 11 is 0. The van der Waals surface area contributed by atoms with Crippen molar-refractivity contribution in [3.8, 4) is 11.8 Å². The number of benzene rings is 3. The molecule has 9 heteroatoms. The lowest BCUT2D eigenvalue weighted by molar-refractivity contribution is -0.137. The molecule has 0 atom stereocenters. The molecule has 38 heavy (non-hydrogen) atoms. The van der Waals surface area contributed by atoms with Crippen molar-refractivity contribution < 1.29 is 27.5 Å². The number of carbonyl (C=O) groups is 2. The predicted molar refractivity (Wildman–Crippen MR) is 139 cm³/mol. The first-order chi connectivity index (χ1) is 18.2. The molecule has 0 radical (unpaired) electrons. The molecule has 0 aliphatic carbocycles. The summed E-state index contributed by atoms with van der Waals surface area (Å²) in [6.07, 6.45) is -0.329. The summed E-state index contributed by atoms with van der Waals surface area (Å²) in [5, 5.41) is 13.8. The summed E-state index contributed by atoms with van der Waals surface area (Å²) in [7, 11) is 0. The number of halogens is 3. The number of nitrogens with zero attached hydrogens (tertiary/aromatic N) is 1. The number of anilines is 2. The van der Waals surface area contributed by atoms with Gasteiger partial charge in [-0.1, -0.05) is 42.5 Å². The number of nitrogens with one attached hydrogen (secondary N) is 2. The van der Waals surface area contributed by atoms with Gasteiger partial charge in [-0.3, -0.25) is 9.59 Å². The Balaban J connectivity index is 1.81. The Morgan fingerprint density at radius 1 is 0.947 bits per heavy atom. The van der Waals surface area contributed by atoms with Crippen LogP contribution in [-0.4, -0.2) is 18.4 Å². The van der Waals surface area contributed by atoms with Gasteiger partial charge in [0.25, 0.3) is 0 Å². The second-order valence-electron chi connectivity index (χ2n) is 7.93. The van der Waals surface area contributed by atoms with Crippen molar-refractivity contribution in [2.75, 3.05) is 17.2 Å². The van der Waals surface area contributed by atoms with Crippen LogP contribution >= 0.6 is 0 Å². The van der Waals surface area contributed by atoms with Crippen LogP contribution in [0.1, 0.15) is 30.0 Å². The molecule has 0 bridgehead atoms. The van der Waals surface area contributed by atoms with E-state index in [0.717, 1.165) is 17.7 Å². The minimum absolute atomic E-state index is 0.290. The zero-order chi connectivity index (χ0) is 27.5. The topological polar surface area (TPSA) is 91.2 Å². The number of amides is 2. The van der Waals surface area contributed by atoms with E-state index in [-0.39, 0.29) is 6.42 Å². The average molecular weight is 520 g/mol. The fraction of sp³-hybridized carbons (Fsp3) is 0.138. The van der Waals surface area contributed by atoms with Crippen molar-refractivity contribution >= 4 is 28.8 Å². The first-order valence-electron chi connectivity index (χ1n) is 11.6. The minimum atomic E-state index is -4.45. The quantitative estimate of drug-likeness (QED) is 0.247. The van der Waals surface area contributed by atoms with E-state index in [0.29, 0.717) is 34.9 Å². The molecule has 0 fully saturated rings. The van der Waals surface area contributed by atoms with Gasteiger partial charge >= 0.3 is 6.18 Å². The Labute approximate surface area is 218 Å². The highest BCUT2D eigenvalue weighted by atomic mass is 19.4. The Kier molecular flexibility index (Phi) is 9.43. The smallest absolute Gasteiger partial charge is 0.416 e. The van der Waals surface area contributed by atoms with Crippen LogP contribution in [0.15, 0.2) is 91.0 Å². The highest BCUT2D eigenvalue weighted by molar-refractivity contribution is 6.00. The van der Waals surface area contributed by atoms with Crippen LogP contribution in [0, 0.1) is 11.3 Å². The van der Waals surface area contributed by atoms with Crippen LogP contribution in [0.3, 0.4) is 0 Å². The maximum Gasteiger partial charge on any atom is 0.416 e. The van der Waals surface area contributed by atoms with Gasteiger partial charge in [0.15, 0.2) is 0 Å². The van der Waals surface area contributed by atoms with Gasteiger partial charge in [-0.05, 0) is 66.1 Å². The molecule has 3 aromatic rings. The normalized spacial score (nSPS) is 11.6. The van der Waals surface area contributed by atoms with Crippen LogP contribution in [0.5, 0.6) is 5.75 Å². The van der Waals surface area contributed by atoms with E-state index in [1.54, 1.807) is 60.7 Å². The van der Waals surface area contributed by atoms with E-state index in [1.807, 2.05) is 6.92 Å². The predicted octanol–water partition coefficient (Wildman–Crippen LogP) is 6.58. The molecule has 6 nitrogen and oxygen atoms in total. The second kappa shape index (κ2) is 12.9. The summed E-state index contributed by atoms with van der Waals surface area (Å²) < 4.78 is 44.6. The average Bonchev–Trinajstić information content (AvgIpc) is 2.87. The third kappa shape index (κ3) is 8.10. The van der Waals surface area contributed by atoms with E-state index in [9.17, 15) is 22.8 Å². The maximum absolute atomic E-state index is 13.0. The minimum Gasteiger partial charge on any atom is -0.494 e. The van der Waals surface area contributed by atoms with Crippen LogP contribution in [0.4, 0.5) is 24.5 Å². The molecule has 0 aromatic heterocycles. The van der Waals surface area contributed by atoms with Crippen LogP contribution in [-0.2, 0) is 15.8 Å². The fourth-order valence-electron chi connectivity index (χ4n) is 3.46. The van der Waals surface area contributed by atoms with Gasteiger partial charge in [0, 0.05) is 17.5 Å². The van der Waals surface area contributed by atoms with Crippen LogP contribution in [0.2, 0.25) is 0 Å². The highest BCUT2D eigenvalue weighted by Gasteiger charge is 2.30. The number of hydrogen-bond donors (Lipinski definition) is 2. The molecule has 0 unspecified atom stereocenters. The first kappa shape index (κ1) is 27.7. The fourth-order valence-corrected chi connectivity index (χ4v) is 3.46. The van der Waals surface area contributed by atoms with Crippen molar-refractivity contribution in [3.05, 3.63) is 108 Å². The number of rotatable bonds is 9. The van der Waals surface area contributed by atoms with Gasteiger partial charge in [0.1, 0.15) is 12.2 Å². The van der Waals surface area contributed by atoms with E-state index in [2.05, 4.69) is 10.6 Å². The number of hydrogen-bond acceptors (Lipinski definition) is 4. The molecule has 0 saturated carbocycles. The van der Waals surface area contributed by atoms with E-state index >= 15 is 0 Å². The first-order valence-corrected chi connectivity index (χ1v) is 11.6. The summed E-state index contributed by atoms with van der Waals surface area (Å²) in [6, 6.07) is 20.1. The van der Waals surface area contributed by atoms with Gasteiger partial charge in [-0.15, -0.1) is 0 Å². The lowest BCUT2D eigenvalue weighted by Gasteiger charge is -2.12. The van der Waals surface area contributed by atoms with Gasteiger partial charge in [0.05, 0.1) is 18.2 Å². The van der Waals surface area contributed by atoms with Gasteiger partial charge in [-0.2, -0.15) is 18.4 Å². The van der Waals surface area contributed by atoms with Gasteiger partial charge in [0.2, 0.25) is 11.8 Å². The molecule has 0 saturated heterocycles. The maximum atomic E-state index is 13.0. The number of ether oxygens (including phenoxy) is 1. The van der Waals surface area contributed by atoms with Gasteiger partial charge in [-0.25, -0.2) is 0 Å². The van der Waals surface area contributed by atoms with Crippen LogP contribution < -0.4 is 15.4 Å². The third-order valence-corrected chi connectivity index (χ3v) is 5.16. The molecule has 0 aliphatic rings. The lowest BCUT2D eigenvalue weighted by Crippen LogP contribution is -2.11. The van der Waals surface area contributed by atoms with Crippen molar-refractivity contribution in [2.24, 2.45) is 0 Å². The number of allylic oxidation sites excluding steroid dienone is 2. The van der Waals surface area contributed by atoms with Crippen molar-refractivity contribution in [1.29, 1.82) is 5.26 Å². The Morgan fingerprint density at radius 2 is 1.55 bits per heavy atom. The number of alkyl halides is 3. The third-order valence-electron chi connectivity index (χ3n) is 5.16. The SMILES string of the molecule is CCOc1ccc(/C(=C\C=C\C(=O)Nc2cccc(NC(=O)CC#N)c2)c2ccc(C(F)(F)F)cc2)cc1. The van der Waals surface area contributed by atoms with Crippen molar-refractivity contribution in [2.45, 2.75) is 19.5 Å². The molecule has 194 valence electrons. The van der Waals surface area contributed by atoms with Crippen molar-refractivity contribution in [1.82, 2.24) is 0 Å². The molecular formula is C29H24F3N3O3. The zero-order valence-electron chi connectivity index (χ0n) is 20.4. The molecule has 0 spiro atoms. The number of nitriles is 1. The van der Waals surface area contributed by atoms with Gasteiger partial charge < -0.3 is 15.4 Å². The number of carbonyl (C=O) groups excluding carboxylic acids is 2. The Bertz CT molecular complexity index is 1370. The standard InChI is InChI=1S/C29H24F3N3O3/c1-2-38-25-15-11-21(12-16-25)26(20-9-13-22(14-10-20)29(30,31)32)7-4-8-27(36)34-23-5-3-6-24(19-23)35-28(37)17-18-33/h3-16,19H,2,17H2,1H3,(H,34,36)(H,35,37)/b8-4+,26-7-. The molecule has 0 aliphatic heterocycles. The lowest BCUT2D eigenvalue weighted by atomic mass is 9.96. The van der Waals surface area contributed by atoms with E-state index in [4.69, 9.17) is 10.00 Å². The summed E-state index contributed by atoms with van der Waals surface area (Å²) in [6.45, 7) is 2.35. The second-order valence-corrected chi connectivity index (χ2v) is 7.93. The molecule has 3 aromatic carbocycles. The van der Waals surface area contributed by atoms with E-state index < -0.39 is 23.6 Å². The molecular weight excluding hydrogens is 495 g/mol. The van der Waals surface area contributed by atoms with Crippen LogP contribution in [0.25, 0.3) is 5.57 Å². The largest absolute Gasteiger partial charge is 0.494 e. The Morgan fingerprint density at radius 3 is 2.13 bits per heavy atom. The summed E-state index contributed by atoms with van der Waals surface area (Å²) in [5.41, 5.74) is 1.95. The molecule has 3 rings (SSSR count). The zero-order valence-corrected chi connectivity index (χ0v) is 20.4. The highest BCUT2D eigenvalue weighted by Crippen LogP contribution is 2.32. The Hall–Kier alpha value is -4.84. The van der Waals surface area contributed by atoms with E-state index in [1.165, 1.54) is 24.3 Å².